The summed E-state index contributed by atoms with van der Waals surface area (Å²) in [6.45, 7) is 1.71. The molecule has 0 bridgehead atoms. The van der Waals surface area contributed by atoms with Crippen molar-refractivity contribution in [3.05, 3.63) is 46.8 Å². The zero-order chi connectivity index (χ0) is 18.8. The minimum absolute atomic E-state index is 0.0267. The van der Waals surface area contributed by atoms with E-state index >= 15 is 0 Å². The van der Waals surface area contributed by atoms with E-state index in [1.807, 2.05) is 0 Å². The molecule has 2 N–H and O–H groups in total. The minimum Gasteiger partial charge on any atom is -0.481 e. The van der Waals surface area contributed by atoms with Gasteiger partial charge in [0, 0.05) is 23.7 Å². The van der Waals surface area contributed by atoms with Crippen molar-refractivity contribution in [3.8, 4) is 5.69 Å². The predicted octanol–water partition coefficient (Wildman–Crippen LogP) is 2.62. The molecule has 3 rings (SSSR count). The second-order valence-corrected chi connectivity index (χ2v) is 6.42. The number of halogens is 2. The van der Waals surface area contributed by atoms with E-state index in [1.165, 1.54) is 16.8 Å². The van der Waals surface area contributed by atoms with Gasteiger partial charge >= 0.3 is 5.97 Å². The lowest BCUT2D eigenvalue weighted by Gasteiger charge is -2.12. The van der Waals surface area contributed by atoms with Crippen LogP contribution in [0.5, 0.6) is 0 Å². The molecule has 1 aromatic heterocycles. The maximum Gasteiger partial charge on any atom is 0.303 e. The van der Waals surface area contributed by atoms with Gasteiger partial charge in [0.25, 0.3) is 5.91 Å². The zero-order valence-corrected chi connectivity index (χ0v) is 14.3. The van der Waals surface area contributed by atoms with E-state index in [2.05, 4.69) is 10.4 Å². The molecule has 1 amide bonds. The highest BCUT2D eigenvalue weighted by molar-refractivity contribution is 5.94. The molecule has 138 valence electrons. The Labute approximate surface area is 148 Å². The fraction of sp³-hybridized carbons (Fsp3) is 0.389. The Morgan fingerprint density at radius 2 is 2.12 bits per heavy atom. The van der Waals surface area contributed by atoms with E-state index in [4.69, 9.17) is 5.11 Å². The molecule has 2 aromatic rings. The van der Waals surface area contributed by atoms with Crippen molar-refractivity contribution in [1.29, 1.82) is 0 Å². The van der Waals surface area contributed by atoms with Crippen LogP contribution >= 0.6 is 0 Å². The van der Waals surface area contributed by atoms with E-state index in [1.54, 1.807) is 6.92 Å². The van der Waals surface area contributed by atoms with Crippen molar-refractivity contribution in [1.82, 2.24) is 15.1 Å². The number of rotatable bonds is 6. The fourth-order valence-corrected chi connectivity index (χ4v) is 3.18. The van der Waals surface area contributed by atoms with Gasteiger partial charge in [0.2, 0.25) is 0 Å². The molecule has 0 aliphatic heterocycles. The Morgan fingerprint density at radius 1 is 1.35 bits per heavy atom. The maximum absolute atomic E-state index is 14.2. The van der Waals surface area contributed by atoms with Gasteiger partial charge in [0.05, 0.1) is 0 Å². The summed E-state index contributed by atoms with van der Waals surface area (Å²) >= 11 is 0. The van der Waals surface area contributed by atoms with Crippen molar-refractivity contribution in [2.45, 2.75) is 45.1 Å². The number of carbonyl (C=O) groups excluding carboxylic acids is 1. The summed E-state index contributed by atoms with van der Waals surface area (Å²) in [5.74, 6) is -3.35. The van der Waals surface area contributed by atoms with Gasteiger partial charge in [0.15, 0.2) is 17.3 Å². The van der Waals surface area contributed by atoms with Gasteiger partial charge in [-0.05, 0) is 44.7 Å². The number of carbonyl (C=O) groups is 2. The van der Waals surface area contributed by atoms with Crippen LogP contribution < -0.4 is 5.32 Å². The second kappa shape index (κ2) is 7.23. The first kappa shape index (κ1) is 18.0. The van der Waals surface area contributed by atoms with Crippen LogP contribution in [0, 0.1) is 11.6 Å². The van der Waals surface area contributed by atoms with Crippen molar-refractivity contribution in [2.75, 3.05) is 0 Å². The third kappa shape index (κ3) is 3.44. The van der Waals surface area contributed by atoms with E-state index in [0.29, 0.717) is 25.0 Å². The quantitative estimate of drug-likeness (QED) is 0.826. The molecular weight excluding hydrogens is 344 g/mol. The maximum atomic E-state index is 14.2. The molecule has 6 nitrogen and oxygen atoms in total. The molecule has 8 heteroatoms. The largest absolute Gasteiger partial charge is 0.481 e. The van der Waals surface area contributed by atoms with Crippen LogP contribution in [-0.2, 0) is 17.6 Å². The average Bonchev–Trinajstić information content (AvgIpc) is 3.18. The fourth-order valence-electron chi connectivity index (χ4n) is 3.18. The topological polar surface area (TPSA) is 84.2 Å². The number of amides is 1. The molecule has 1 aromatic carbocycles. The zero-order valence-electron chi connectivity index (χ0n) is 14.3. The molecule has 1 aliphatic rings. The summed E-state index contributed by atoms with van der Waals surface area (Å²) in [5.41, 5.74) is 1.60. The first-order valence-corrected chi connectivity index (χ1v) is 8.46. The molecular formula is C18H19F2N3O3. The molecule has 0 spiro atoms. The highest BCUT2D eigenvalue weighted by Gasteiger charge is 2.28. The Kier molecular flexibility index (Phi) is 5.01. The second-order valence-electron chi connectivity index (χ2n) is 6.42. The molecule has 1 aliphatic carbocycles. The van der Waals surface area contributed by atoms with E-state index < -0.39 is 23.5 Å². The van der Waals surface area contributed by atoms with Gasteiger partial charge < -0.3 is 10.4 Å². The molecule has 0 saturated heterocycles. The lowest BCUT2D eigenvalue weighted by molar-refractivity contribution is -0.137. The number of nitrogens with zero attached hydrogens (tertiary/aromatic N) is 2. The Morgan fingerprint density at radius 3 is 2.85 bits per heavy atom. The van der Waals surface area contributed by atoms with Crippen LogP contribution in [0.3, 0.4) is 0 Å². The van der Waals surface area contributed by atoms with Crippen molar-refractivity contribution in [2.24, 2.45) is 0 Å². The van der Waals surface area contributed by atoms with Gasteiger partial charge in [-0.3, -0.25) is 9.59 Å². The number of aliphatic carboxylic acids is 1. The summed E-state index contributed by atoms with van der Waals surface area (Å²) in [4.78, 5) is 23.2. The van der Waals surface area contributed by atoms with Crippen LogP contribution in [0.15, 0.2) is 18.2 Å². The number of hydrogen-bond acceptors (Lipinski definition) is 3. The van der Waals surface area contributed by atoms with Crippen LogP contribution in [0.2, 0.25) is 0 Å². The average molecular weight is 363 g/mol. The van der Waals surface area contributed by atoms with Crippen LogP contribution in [0.4, 0.5) is 8.78 Å². The Bertz CT molecular complexity index is 864. The van der Waals surface area contributed by atoms with Crippen LogP contribution in [0.25, 0.3) is 5.69 Å². The van der Waals surface area contributed by atoms with Gasteiger partial charge in [-0.1, -0.05) is 6.07 Å². The van der Waals surface area contributed by atoms with E-state index in [9.17, 15) is 18.4 Å². The third-order valence-corrected chi connectivity index (χ3v) is 4.47. The predicted molar refractivity (Wildman–Crippen MR) is 89.3 cm³/mol. The van der Waals surface area contributed by atoms with E-state index in [-0.39, 0.29) is 23.8 Å². The van der Waals surface area contributed by atoms with Gasteiger partial charge in [-0.25, -0.2) is 13.5 Å². The van der Waals surface area contributed by atoms with Crippen molar-refractivity contribution in [3.63, 3.8) is 0 Å². The first-order valence-electron chi connectivity index (χ1n) is 8.46. The Balaban J connectivity index is 1.89. The highest BCUT2D eigenvalue weighted by Crippen LogP contribution is 2.29. The molecule has 1 atom stereocenters. The molecule has 26 heavy (non-hydrogen) atoms. The molecule has 1 heterocycles. The highest BCUT2D eigenvalue weighted by atomic mass is 19.2. The number of carboxylic acid groups (broad SMARTS) is 1. The molecule has 0 fully saturated rings. The first-order chi connectivity index (χ1) is 12.4. The third-order valence-electron chi connectivity index (χ3n) is 4.47. The summed E-state index contributed by atoms with van der Waals surface area (Å²) in [6.07, 6.45) is 2.31. The summed E-state index contributed by atoms with van der Waals surface area (Å²) in [5, 5.41) is 15.7. The number of benzene rings is 1. The summed E-state index contributed by atoms with van der Waals surface area (Å²) in [6, 6.07) is 3.50. The lowest BCUT2D eigenvalue weighted by Crippen LogP contribution is -2.33. The number of fused-ring (bicyclic) bond motifs is 1. The summed E-state index contributed by atoms with van der Waals surface area (Å²) in [7, 11) is 0. The monoisotopic (exact) mass is 363 g/mol. The number of hydrogen-bond donors (Lipinski definition) is 2. The van der Waals surface area contributed by atoms with Crippen molar-refractivity contribution >= 4 is 11.9 Å². The molecule has 0 saturated carbocycles. The Hall–Kier alpha value is -2.77. The SMILES string of the molecule is CC(CCC(=O)O)NC(=O)c1nn(-c2cccc(F)c2F)c2c1CCC2. The van der Waals surface area contributed by atoms with Crippen LogP contribution in [0.1, 0.15) is 47.9 Å². The van der Waals surface area contributed by atoms with Gasteiger partial charge in [-0.15, -0.1) is 0 Å². The number of aromatic nitrogens is 2. The normalized spacial score (nSPS) is 14.1. The number of carboxylic acids is 1. The van der Waals surface area contributed by atoms with Crippen LogP contribution in [-0.4, -0.2) is 32.8 Å². The number of nitrogens with one attached hydrogen (secondary N) is 1. The summed E-state index contributed by atoms with van der Waals surface area (Å²) < 4.78 is 29.0. The lowest BCUT2D eigenvalue weighted by atomic mass is 10.1. The van der Waals surface area contributed by atoms with E-state index in [0.717, 1.165) is 18.1 Å². The molecule has 0 radical (unpaired) electrons. The standard InChI is InChI=1S/C18H19F2N3O3/c1-10(8-9-15(24)25)21-18(26)17-11-4-2-6-13(11)23(22-17)14-7-3-5-12(19)16(14)20/h3,5,7,10H,2,4,6,8-9H2,1H3,(H,21,26)(H,24,25). The molecule has 1 unspecified atom stereocenters. The van der Waals surface area contributed by atoms with Gasteiger partial charge in [0.1, 0.15) is 5.69 Å². The smallest absolute Gasteiger partial charge is 0.303 e. The van der Waals surface area contributed by atoms with Gasteiger partial charge in [-0.2, -0.15) is 5.10 Å². The van der Waals surface area contributed by atoms with Crippen molar-refractivity contribution < 1.29 is 23.5 Å². The minimum atomic E-state index is -1.01.